The number of amides is 1. The van der Waals surface area contributed by atoms with Crippen molar-refractivity contribution in [3.8, 4) is 0 Å². The van der Waals surface area contributed by atoms with Crippen LogP contribution in [0.5, 0.6) is 0 Å². The zero-order valence-corrected chi connectivity index (χ0v) is 11.5. The van der Waals surface area contributed by atoms with Gasteiger partial charge in [0.2, 0.25) is 5.91 Å². The van der Waals surface area contributed by atoms with Crippen molar-refractivity contribution in [3.63, 3.8) is 0 Å². The molecular formula is C12H16BrFN2O. The Balaban J connectivity index is 2.68. The molecule has 0 atom stereocenters. The Morgan fingerprint density at radius 3 is 2.76 bits per heavy atom. The number of nitrogens with one attached hydrogen (secondary N) is 1. The maximum Gasteiger partial charge on any atom is 0.227 e. The highest BCUT2D eigenvalue weighted by atomic mass is 79.9. The average Bonchev–Trinajstić information content (AvgIpc) is 2.29. The zero-order valence-electron chi connectivity index (χ0n) is 9.89. The van der Waals surface area contributed by atoms with Crippen LogP contribution in [0, 0.1) is 11.2 Å². The maximum absolute atomic E-state index is 13.4. The molecule has 0 aliphatic heterocycles. The lowest BCUT2D eigenvalue weighted by molar-refractivity contribution is -0.129. The smallest absolute Gasteiger partial charge is 0.227 e. The van der Waals surface area contributed by atoms with Gasteiger partial charge in [0.1, 0.15) is 5.82 Å². The standard InChI is InChI=1S/C12H16BrFN2O/c1-12(2,7-15)11(17)16-6-8-5-9(13)3-4-10(8)14/h3-5H,6-7,15H2,1-2H3,(H,16,17). The molecule has 1 aromatic rings. The predicted molar refractivity (Wildman–Crippen MR) is 68.8 cm³/mol. The molecule has 0 spiro atoms. The van der Waals surface area contributed by atoms with E-state index < -0.39 is 5.41 Å². The second-order valence-electron chi connectivity index (χ2n) is 4.51. The summed E-state index contributed by atoms with van der Waals surface area (Å²) in [4.78, 5) is 11.7. The number of halogens is 2. The van der Waals surface area contributed by atoms with Crippen LogP contribution in [0.2, 0.25) is 0 Å². The Morgan fingerprint density at radius 2 is 2.18 bits per heavy atom. The van der Waals surface area contributed by atoms with Crippen molar-refractivity contribution in [1.29, 1.82) is 0 Å². The van der Waals surface area contributed by atoms with Gasteiger partial charge >= 0.3 is 0 Å². The van der Waals surface area contributed by atoms with E-state index in [4.69, 9.17) is 5.73 Å². The fourth-order valence-electron chi connectivity index (χ4n) is 1.19. The zero-order chi connectivity index (χ0) is 13.1. The first-order valence-corrected chi connectivity index (χ1v) is 6.08. The Bertz CT molecular complexity index is 421. The first-order valence-electron chi connectivity index (χ1n) is 5.29. The minimum Gasteiger partial charge on any atom is -0.351 e. The van der Waals surface area contributed by atoms with Crippen molar-refractivity contribution < 1.29 is 9.18 Å². The van der Waals surface area contributed by atoms with Gasteiger partial charge in [0.25, 0.3) is 0 Å². The fraction of sp³-hybridized carbons (Fsp3) is 0.417. The van der Waals surface area contributed by atoms with E-state index in [1.807, 2.05) is 0 Å². The number of carbonyl (C=O) groups is 1. The Kier molecular flexibility index (Phi) is 4.65. The van der Waals surface area contributed by atoms with Gasteiger partial charge in [-0.2, -0.15) is 0 Å². The number of nitrogens with two attached hydrogens (primary N) is 1. The summed E-state index contributed by atoms with van der Waals surface area (Å²) in [5, 5.41) is 2.68. The quantitative estimate of drug-likeness (QED) is 0.896. The van der Waals surface area contributed by atoms with E-state index in [0.717, 1.165) is 4.47 Å². The van der Waals surface area contributed by atoms with Crippen LogP contribution in [0.4, 0.5) is 4.39 Å². The van der Waals surface area contributed by atoms with Crippen molar-refractivity contribution >= 4 is 21.8 Å². The monoisotopic (exact) mass is 302 g/mol. The predicted octanol–water partition coefficient (Wildman–Crippen LogP) is 2.19. The van der Waals surface area contributed by atoms with Crippen molar-refractivity contribution in [2.75, 3.05) is 6.54 Å². The van der Waals surface area contributed by atoms with Crippen LogP contribution < -0.4 is 11.1 Å². The van der Waals surface area contributed by atoms with Gasteiger partial charge in [-0.05, 0) is 32.0 Å². The van der Waals surface area contributed by atoms with Crippen LogP contribution in [0.25, 0.3) is 0 Å². The Labute approximate surface area is 109 Å². The van der Waals surface area contributed by atoms with E-state index in [9.17, 15) is 9.18 Å². The summed E-state index contributed by atoms with van der Waals surface area (Å²) in [7, 11) is 0. The second-order valence-corrected chi connectivity index (χ2v) is 5.42. The molecule has 0 bridgehead atoms. The normalized spacial score (nSPS) is 11.4. The van der Waals surface area contributed by atoms with Gasteiger partial charge in [0.15, 0.2) is 0 Å². The first kappa shape index (κ1) is 14.1. The summed E-state index contributed by atoms with van der Waals surface area (Å²) in [6.45, 7) is 3.91. The summed E-state index contributed by atoms with van der Waals surface area (Å²) in [6, 6.07) is 4.62. The van der Waals surface area contributed by atoms with Crippen LogP contribution in [0.1, 0.15) is 19.4 Å². The second kappa shape index (κ2) is 5.60. The van der Waals surface area contributed by atoms with Crippen LogP contribution in [0.15, 0.2) is 22.7 Å². The van der Waals surface area contributed by atoms with Gasteiger partial charge in [0, 0.05) is 23.1 Å². The molecule has 0 aliphatic rings. The van der Waals surface area contributed by atoms with Gasteiger partial charge in [-0.25, -0.2) is 4.39 Å². The van der Waals surface area contributed by atoms with Crippen molar-refractivity contribution in [2.45, 2.75) is 20.4 Å². The molecule has 1 aromatic carbocycles. The molecule has 0 saturated heterocycles. The minimum atomic E-state index is -0.636. The largest absolute Gasteiger partial charge is 0.351 e. The molecular weight excluding hydrogens is 287 g/mol. The third-order valence-corrected chi connectivity index (χ3v) is 3.07. The third kappa shape index (κ3) is 3.78. The van der Waals surface area contributed by atoms with E-state index in [1.54, 1.807) is 26.0 Å². The van der Waals surface area contributed by atoms with Gasteiger partial charge in [-0.15, -0.1) is 0 Å². The summed E-state index contributed by atoms with van der Waals surface area (Å²) in [6.07, 6.45) is 0. The van der Waals surface area contributed by atoms with E-state index in [0.29, 0.717) is 5.56 Å². The summed E-state index contributed by atoms with van der Waals surface area (Å²) in [5.74, 6) is -0.515. The highest BCUT2D eigenvalue weighted by Crippen LogP contribution is 2.17. The minimum absolute atomic E-state index is 0.160. The molecule has 0 aliphatic carbocycles. The van der Waals surface area contributed by atoms with Crippen molar-refractivity contribution in [2.24, 2.45) is 11.1 Å². The first-order chi connectivity index (χ1) is 7.86. The van der Waals surface area contributed by atoms with Crippen LogP contribution in [-0.2, 0) is 11.3 Å². The lowest BCUT2D eigenvalue weighted by Gasteiger charge is -2.21. The lowest BCUT2D eigenvalue weighted by Crippen LogP contribution is -2.41. The number of carbonyl (C=O) groups excluding carboxylic acids is 1. The molecule has 0 radical (unpaired) electrons. The highest BCUT2D eigenvalue weighted by Gasteiger charge is 2.25. The Hall–Kier alpha value is -0.940. The van der Waals surface area contributed by atoms with Crippen molar-refractivity contribution in [3.05, 3.63) is 34.1 Å². The third-order valence-electron chi connectivity index (χ3n) is 2.57. The molecule has 0 unspecified atom stereocenters. The van der Waals surface area contributed by atoms with E-state index >= 15 is 0 Å². The molecule has 1 rings (SSSR count). The van der Waals surface area contributed by atoms with Crippen LogP contribution >= 0.6 is 15.9 Å². The molecule has 1 amide bonds. The topological polar surface area (TPSA) is 55.1 Å². The average molecular weight is 303 g/mol. The molecule has 3 N–H and O–H groups in total. The maximum atomic E-state index is 13.4. The van der Waals surface area contributed by atoms with Crippen LogP contribution in [0.3, 0.4) is 0 Å². The Morgan fingerprint density at radius 1 is 1.53 bits per heavy atom. The SMILES string of the molecule is CC(C)(CN)C(=O)NCc1cc(Br)ccc1F. The molecule has 0 aromatic heterocycles. The van der Waals surface area contributed by atoms with E-state index in [-0.39, 0.29) is 24.8 Å². The molecule has 5 heteroatoms. The summed E-state index contributed by atoms with van der Waals surface area (Å²) < 4.78 is 14.2. The van der Waals surface area contributed by atoms with Gasteiger partial charge < -0.3 is 11.1 Å². The van der Waals surface area contributed by atoms with Gasteiger partial charge in [0.05, 0.1) is 5.41 Å². The molecule has 0 heterocycles. The number of benzene rings is 1. The summed E-state index contributed by atoms with van der Waals surface area (Å²) >= 11 is 3.26. The molecule has 17 heavy (non-hydrogen) atoms. The molecule has 94 valence electrons. The molecule has 0 fully saturated rings. The van der Waals surface area contributed by atoms with E-state index in [1.165, 1.54) is 6.07 Å². The number of rotatable bonds is 4. The summed E-state index contributed by atoms with van der Waals surface area (Å²) in [5.41, 5.74) is 5.30. The van der Waals surface area contributed by atoms with Gasteiger partial charge in [-0.1, -0.05) is 15.9 Å². The molecule has 3 nitrogen and oxygen atoms in total. The molecule has 0 saturated carbocycles. The fourth-order valence-corrected chi connectivity index (χ4v) is 1.59. The van der Waals surface area contributed by atoms with E-state index in [2.05, 4.69) is 21.2 Å². The highest BCUT2D eigenvalue weighted by molar-refractivity contribution is 9.10. The van der Waals surface area contributed by atoms with Gasteiger partial charge in [-0.3, -0.25) is 4.79 Å². The number of hydrogen-bond donors (Lipinski definition) is 2. The van der Waals surface area contributed by atoms with Crippen LogP contribution in [-0.4, -0.2) is 12.5 Å². The number of hydrogen-bond acceptors (Lipinski definition) is 2. The van der Waals surface area contributed by atoms with Crippen molar-refractivity contribution in [1.82, 2.24) is 5.32 Å². The lowest BCUT2D eigenvalue weighted by atomic mass is 9.92.